The Morgan fingerprint density at radius 1 is 1.42 bits per heavy atom. The summed E-state index contributed by atoms with van der Waals surface area (Å²) in [5.74, 6) is 0. The summed E-state index contributed by atoms with van der Waals surface area (Å²) in [5, 5.41) is 0. The first kappa shape index (κ1) is 15.2. The quantitative estimate of drug-likeness (QED) is 0.694. The number of halogens is 3. The van der Waals surface area contributed by atoms with Gasteiger partial charge in [0.05, 0.1) is 0 Å². The standard InChI is InChI=1S/C5H5.C3H6.2ClH.FH.Zr/c1-2-4-5-3-1;1-3-2;;;;/h1-3H,4H2;1-2H3;3*1H;/q;;;;;+1/p-1. The van der Waals surface area contributed by atoms with Crippen LogP contribution >= 0.6 is 24.8 Å². The first-order valence-electron chi connectivity index (χ1n) is 3.41. The van der Waals surface area contributed by atoms with Gasteiger partial charge in [0.2, 0.25) is 0 Å². The summed E-state index contributed by atoms with van der Waals surface area (Å²) in [4.78, 5) is 0. The van der Waals surface area contributed by atoms with E-state index in [1.807, 2.05) is 32.1 Å². The van der Waals surface area contributed by atoms with E-state index in [0.717, 1.165) is 12.9 Å². The molecule has 1 aliphatic rings. The molecule has 0 radical (unpaired) electrons. The molecule has 0 aromatic heterocycles. The zero-order valence-electron chi connectivity index (χ0n) is 7.13. The van der Waals surface area contributed by atoms with Crippen molar-refractivity contribution >= 4 is 28.0 Å². The van der Waals surface area contributed by atoms with Crippen molar-refractivity contribution in [2.75, 3.05) is 0 Å². The van der Waals surface area contributed by atoms with E-state index < -0.39 is 21.9 Å². The smallest absolute Gasteiger partial charge is 0.147 e. The fourth-order valence-electron chi connectivity index (χ4n) is 0.931. The molecule has 1 rings (SSSR count). The fraction of sp³-hybridized carbons (Fsp3) is 0.375. The van der Waals surface area contributed by atoms with E-state index >= 15 is 0 Å². The van der Waals surface area contributed by atoms with Crippen molar-refractivity contribution in [2.24, 2.45) is 0 Å². The number of rotatable bonds is 1. The molecule has 0 nitrogen and oxygen atoms in total. The minimum atomic E-state index is -2.65. The maximum Gasteiger partial charge on any atom is -0.147 e. The van der Waals surface area contributed by atoms with Crippen molar-refractivity contribution in [1.29, 1.82) is 0 Å². The van der Waals surface area contributed by atoms with Crippen molar-refractivity contribution < 1.29 is 24.5 Å². The van der Waals surface area contributed by atoms with Crippen molar-refractivity contribution in [3.8, 4) is 0 Å². The Bertz CT molecular complexity index is 227. The van der Waals surface area contributed by atoms with Crippen LogP contribution in [0.15, 0.2) is 21.5 Å². The van der Waals surface area contributed by atoms with Crippen LogP contribution < -0.4 is 0 Å². The second-order valence-corrected chi connectivity index (χ2v) is 8.22. The minimum absolute atomic E-state index is 0. The van der Waals surface area contributed by atoms with Crippen molar-refractivity contribution in [3.05, 3.63) is 21.5 Å². The van der Waals surface area contributed by atoms with Gasteiger partial charge in [0.15, 0.2) is 0 Å². The predicted octanol–water partition coefficient (Wildman–Crippen LogP) is 3.39. The van der Waals surface area contributed by atoms with E-state index in [1.54, 1.807) is 0 Å². The molecule has 70 valence electrons. The Labute approximate surface area is 93.8 Å². The van der Waals surface area contributed by atoms with E-state index in [9.17, 15) is 2.63 Å². The third kappa shape index (κ3) is 4.11. The van der Waals surface area contributed by atoms with Gasteiger partial charge in [-0.25, -0.2) is 0 Å². The van der Waals surface area contributed by atoms with E-state index in [0.29, 0.717) is 0 Å². The number of hydrogen-bond donors (Lipinski definition) is 0. The second-order valence-electron chi connectivity index (χ2n) is 2.64. The molecule has 4 heteroatoms. The maximum absolute atomic E-state index is 13.3. The molecule has 1 aliphatic carbocycles. The van der Waals surface area contributed by atoms with Crippen LogP contribution in [-0.2, 0) is 21.9 Å². The first-order chi connectivity index (χ1) is 4.72. The molecule has 0 bridgehead atoms. The summed E-state index contributed by atoms with van der Waals surface area (Å²) in [6, 6.07) is 0. The molecule has 0 atom stereocenters. The normalized spacial score (nSPS) is 12.8. The Morgan fingerprint density at radius 3 is 2.33 bits per heavy atom. The van der Waals surface area contributed by atoms with Gasteiger partial charge in [-0.05, 0) is 0 Å². The summed E-state index contributed by atoms with van der Waals surface area (Å²) in [6.07, 6.45) is 6.80. The van der Waals surface area contributed by atoms with Gasteiger partial charge in [-0.2, -0.15) is 0 Å². The van der Waals surface area contributed by atoms with E-state index in [-0.39, 0.29) is 24.8 Å². The van der Waals surface area contributed by atoms with Crippen LogP contribution in [0, 0.1) is 0 Å². The van der Waals surface area contributed by atoms with Crippen LogP contribution in [0.25, 0.3) is 0 Å². The Hall–Kier alpha value is 0.743. The molecule has 0 N–H and O–H groups in total. The SMILES string of the molecule is C[C](C)=[Zr]([F])[C]1=CC=CC1.Cl.Cl. The fourth-order valence-corrected chi connectivity index (χ4v) is 3.84. The van der Waals surface area contributed by atoms with E-state index in [1.165, 1.54) is 0 Å². The molecule has 0 unspecified atom stereocenters. The molecule has 0 aromatic rings. The average molecular weight is 290 g/mol. The molecule has 0 saturated heterocycles. The maximum atomic E-state index is 13.3. The second kappa shape index (κ2) is 7.18. The first-order valence-corrected chi connectivity index (χ1v) is 6.79. The van der Waals surface area contributed by atoms with Gasteiger partial charge in [-0.15, -0.1) is 24.8 Å². The van der Waals surface area contributed by atoms with Crippen molar-refractivity contribution in [2.45, 2.75) is 20.3 Å². The minimum Gasteiger partial charge on any atom is -0.147 e. The molecule has 0 aliphatic heterocycles. The van der Waals surface area contributed by atoms with Gasteiger partial charge in [-0.3, -0.25) is 0 Å². The molecule has 0 fully saturated rings. The third-order valence-corrected chi connectivity index (χ3v) is 5.95. The van der Waals surface area contributed by atoms with Crippen LogP contribution in [0.1, 0.15) is 20.3 Å². The predicted molar refractivity (Wildman–Crippen MR) is 53.8 cm³/mol. The number of hydrogen-bond acceptors (Lipinski definition) is 0. The van der Waals surface area contributed by atoms with E-state index in [2.05, 4.69) is 0 Å². The Morgan fingerprint density at radius 2 is 2.00 bits per heavy atom. The van der Waals surface area contributed by atoms with Crippen LogP contribution in [-0.4, -0.2) is 3.21 Å². The van der Waals surface area contributed by atoms with Crippen LogP contribution in [0.3, 0.4) is 0 Å². The molecule has 0 heterocycles. The topological polar surface area (TPSA) is 0 Å². The van der Waals surface area contributed by atoms with Gasteiger partial charge in [0, 0.05) is 0 Å². The molecular formula is C8H13Cl2FZr. The van der Waals surface area contributed by atoms with Crippen LogP contribution in [0.4, 0.5) is 2.63 Å². The van der Waals surface area contributed by atoms with Crippen LogP contribution in [0.5, 0.6) is 0 Å². The van der Waals surface area contributed by atoms with Gasteiger partial charge in [0.25, 0.3) is 0 Å². The Kier molecular flexibility index (Phi) is 9.10. The summed E-state index contributed by atoms with van der Waals surface area (Å²) < 4.78 is 15.4. The van der Waals surface area contributed by atoms with E-state index in [4.69, 9.17) is 0 Å². The van der Waals surface area contributed by atoms with Gasteiger partial charge < -0.3 is 0 Å². The molecule has 0 spiro atoms. The third-order valence-electron chi connectivity index (χ3n) is 1.49. The summed E-state index contributed by atoms with van der Waals surface area (Å²) >= 11 is -2.65. The molecule has 0 saturated carbocycles. The largest absolute Gasteiger partial charge is 0.147 e. The Balaban J connectivity index is 0. The van der Waals surface area contributed by atoms with Crippen molar-refractivity contribution in [3.63, 3.8) is 0 Å². The molecule has 0 aromatic carbocycles. The summed E-state index contributed by atoms with van der Waals surface area (Å²) in [6.45, 7) is 3.82. The molecule has 12 heavy (non-hydrogen) atoms. The zero-order chi connectivity index (χ0) is 7.56. The zero-order valence-corrected chi connectivity index (χ0v) is 11.2. The van der Waals surface area contributed by atoms with Crippen molar-refractivity contribution in [1.82, 2.24) is 0 Å². The molecule has 0 amide bonds. The monoisotopic (exact) mass is 288 g/mol. The van der Waals surface area contributed by atoms with Gasteiger partial charge in [0.1, 0.15) is 0 Å². The van der Waals surface area contributed by atoms with Gasteiger partial charge in [-0.1, -0.05) is 0 Å². The average Bonchev–Trinajstić information content (AvgIpc) is 2.36. The summed E-state index contributed by atoms with van der Waals surface area (Å²) in [5.41, 5.74) is 0. The summed E-state index contributed by atoms with van der Waals surface area (Å²) in [7, 11) is 0. The number of allylic oxidation sites excluding steroid dienone is 4. The molecular weight excluding hydrogens is 277 g/mol. The van der Waals surface area contributed by atoms with Gasteiger partial charge >= 0.3 is 69.5 Å². The van der Waals surface area contributed by atoms with Crippen LogP contribution in [0.2, 0.25) is 0 Å².